The van der Waals surface area contributed by atoms with Crippen molar-refractivity contribution in [1.29, 1.82) is 0 Å². The second-order valence-corrected chi connectivity index (χ2v) is 4.77. The van der Waals surface area contributed by atoms with Gasteiger partial charge in [0, 0.05) is 18.0 Å². The van der Waals surface area contributed by atoms with Gasteiger partial charge >= 0.3 is 0 Å². The number of aromatic nitrogens is 1. The first-order chi connectivity index (χ1) is 8.38. The maximum absolute atomic E-state index is 5.75. The summed E-state index contributed by atoms with van der Waals surface area (Å²) in [5.74, 6) is 0.819. The maximum Gasteiger partial charge on any atom is 0.187 e. The summed E-state index contributed by atoms with van der Waals surface area (Å²) in [7, 11) is 0. The fraction of sp³-hybridized carbons (Fsp3) is 0.538. The Hall–Kier alpha value is -1.42. The molecule has 0 bridgehead atoms. The van der Waals surface area contributed by atoms with Gasteiger partial charge in [0.05, 0.1) is 0 Å². The quantitative estimate of drug-likeness (QED) is 0.807. The fourth-order valence-corrected chi connectivity index (χ4v) is 2.51. The van der Waals surface area contributed by atoms with Gasteiger partial charge in [-0.05, 0) is 37.8 Å². The van der Waals surface area contributed by atoms with Crippen molar-refractivity contribution in [3.8, 4) is 0 Å². The van der Waals surface area contributed by atoms with Crippen molar-refractivity contribution in [2.24, 2.45) is 4.99 Å². The van der Waals surface area contributed by atoms with E-state index in [2.05, 4.69) is 10.5 Å². The molecule has 1 aromatic rings. The van der Waals surface area contributed by atoms with E-state index in [1.807, 2.05) is 18.3 Å². The number of nitrogens with one attached hydrogen (secondary N) is 1. The monoisotopic (exact) mass is 231 g/mol. The lowest BCUT2D eigenvalue weighted by atomic mass is 10.1. The first-order valence-electron chi connectivity index (χ1n) is 6.32. The van der Waals surface area contributed by atoms with E-state index in [1.54, 1.807) is 6.20 Å². The normalized spacial score (nSPS) is 22.9. The van der Waals surface area contributed by atoms with Crippen molar-refractivity contribution in [2.45, 2.75) is 44.2 Å². The maximum atomic E-state index is 5.75. The summed E-state index contributed by atoms with van der Waals surface area (Å²) < 4.78 is 0. The standard InChI is InChI=1S/C13H17N3O/c1-2-4-8-13(7-3-1)15-12(16-17-13)11-6-5-9-14-10-11/h5-6,9-10H,1-4,7-8H2,(H,15,16). The van der Waals surface area contributed by atoms with Gasteiger partial charge in [-0.15, -0.1) is 0 Å². The first-order valence-corrected chi connectivity index (χ1v) is 6.32. The average molecular weight is 231 g/mol. The molecule has 0 saturated heterocycles. The molecule has 1 aliphatic carbocycles. The van der Waals surface area contributed by atoms with Gasteiger partial charge in [0.15, 0.2) is 11.6 Å². The average Bonchev–Trinajstić information content (AvgIpc) is 2.65. The van der Waals surface area contributed by atoms with Crippen molar-refractivity contribution in [3.63, 3.8) is 0 Å². The van der Waals surface area contributed by atoms with Crippen LogP contribution < -0.4 is 5.48 Å². The van der Waals surface area contributed by atoms with Crippen LogP contribution in [0.25, 0.3) is 0 Å². The Bertz CT molecular complexity index is 408. The van der Waals surface area contributed by atoms with Crippen LogP contribution in [0.1, 0.15) is 44.1 Å². The summed E-state index contributed by atoms with van der Waals surface area (Å²) in [6.45, 7) is 0. The van der Waals surface area contributed by atoms with E-state index in [1.165, 1.54) is 25.7 Å². The van der Waals surface area contributed by atoms with Crippen LogP contribution in [0.5, 0.6) is 0 Å². The Morgan fingerprint density at radius 2 is 2.00 bits per heavy atom. The van der Waals surface area contributed by atoms with Crippen LogP contribution in [0.3, 0.4) is 0 Å². The number of hydrogen-bond acceptors (Lipinski definition) is 4. The van der Waals surface area contributed by atoms with E-state index in [0.29, 0.717) is 0 Å². The molecule has 2 aliphatic rings. The van der Waals surface area contributed by atoms with Crippen molar-refractivity contribution in [2.75, 3.05) is 0 Å². The van der Waals surface area contributed by atoms with Crippen LogP contribution in [0.4, 0.5) is 0 Å². The molecule has 1 fully saturated rings. The van der Waals surface area contributed by atoms with Gasteiger partial charge in [-0.2, -0.15) is 0 Å². The largest absolute Gasteiger partial charge is 0.264 e. The summed E-state index contributed by atoms with van der Waals surface area (Å²) in [6.07, 6.45) is 10.6. The summed E-state index contributed by atoms with van der Waals surface area (Å²) in [5, 5.41) is 0. The Kier molecular flexibility index (Phi) is 2.81. The smallest absolute Gasteiger partial charge is 0.187 e. The molecule has 2 heterocycles. The van der Waals surface area contributed by atoms with E-state index in [9.17, 15) is 0 Å². The fourth-order valence-electron chi connectivity index (χ4n) is 2.51. The SMILES string of the molecule is c1cncc(C2=NC3(CCCCCC3)ON2)c1. The van der Waals surface area contributed by atoms with Crippen LogP contribution in [-0.4, -0.2) is 16.5 Å². The van der Waals surface area contributed by atoms with Crippen molar-refractivity contribution in [3.05, 3.63) is 30.1 Å². The molecule has 4 heteroatoms. The van der Waals surface area contributed by atoms with Crippen molar-refractivity contribution >= 4 is 5.84 Å². The highest BCUT2D eigenvalue weighted by Gasteiger charge is 2.37. The highest BCUT2D eigenvalue weighted by atomic mass is 16.7. The molecule has 0 amide bonds. The minimum atomic E-state index is -0.318. The third kappa shape index (κ3) is 2.17. The molecular formula is C13H17N3O. The Balaban J connectivity index is 1.84. The highest BCUT2D eigenvalue weighted by Crippen LogP contribution is 2.33. The molecule has 0 aromatic carbocycles. The van der Waals surface area contributed by atoms with Gasteiger partial charge in [-0.3, -0.25) is 4.98 Å². The van der Waals surface area contributed by atoms with Gasteiger partial charge in [-0.1, -0.05) is 12.8 Å². The van der Waals surface area contributed by atoms with Crippen LogP contribution in [0.15, 0.2) is 29.5 Å². The van der Waals surface area contributed by atoms with Crippen LogP contribution in [0, 0.1) is 0 Å². The minimum Gasteiger partial charge on any atom is -0.264 e. The molecule has 3 rings (SSSR count). The molecule has 1 aliphatic heterocycles. The molecule has 90 valence electrons. The lowest BCUT2D eigenvalue weighted by Gasteiger charge is -2.21. The minimum absolute atomic E-state index is 0.318. The molecule has 17 heavy (non-hydrogen) atoms. The predicted molar refractivity (Wildman–Crippen MR) is 65.4 cm³/mol. The first kappa shape index (κ1) is 10.7. The molecule has 0 radical (unpaired) electrons. The lowest BCUT2D eigenvalue weighted by molar-refractivity contribution is -0.0635. The zero-order chi connectivity index (χ0) is 11.6. The predicted octanol–water partition coefficient (Wildman–Crippen LogP) is 2.41. The van der Waals surface area contributed by atoms with Gasteiger partial charge in [-0.25, -0.2) is 15.3 Å². The zero-order valence-corrected chi connectivity index (χ0v) is 9.85. The number of hydrogen-bond donors (Lipinski definition) is 1. The summed E-state index contributed by atoms with van der Waals surface area (Å²) in [5.41, 5.74) is 3.65. The molecular weight excluding hydrogens is 214 g/mol. The van der Waals surface area contributed by atoms with E-state index in [-0.39, 0.29) is 5.72 Å². The lowest BCUT2D eigenvalue weighted by Crippen LogP contribution is -2.29. The molecule has 1 spiro atoms. The van der Waals surface area contributed by atoms with Crippen molar-refractivity contribution < 1.29 is 4.84 Å². The van der Waals surface area contributed by atoms with Crippen LogP contribution in [-0.2, 0) is 4.84 Å². The third-order valence-corrected chi connectivity index (χ3v) is 3.47. The molecule has 0 unspecified atom stereocenters. The zero-order valence-electron chi connectivity index (χ0n) is 9.85. The van der Waals surface area contributed by atoms with Gasteiger partial charge in [0.1, 0.15) is 0 Å². The number of rotatable bonds is 1. The number of amidine groups is 1. The molecule has 1 saturated carbocycles. The van der Waals surface area contributed by atoms with Gasteiger partial charge in [0.2, 0.25) is 0 Å². The summed E-state index contributed by atoms with van der Waals surface area (Å²) >= 11 is 0. The second kappa shape index (κ2) is 4.45. The van der Waals surface area contributed by atoms with E-state index < -0.39 is 0 Å². The molecule has 1 N–H and O–H groups in total. The second-order valence-electron chi connectivity index (χ2n) is 4.77. The van der Waals surface area contributed by atoms with E-state index in [0.717, 1.165) is 24.2 Å². The van der Waals surface area contributed by atoms with E-state index >= 15 is 0 Å². The van der Waals surface area contributed by atoms with Gasteiger partial charge < -0.3 is 0 Å². The Labute approximate surface area is 101 Å². The molecule has 0 atom stereocenters. The number of hydroxylamine groups is 1. The van der Waals surface area contributed by atoms with Crippen molar-refractivity contribution in [1.82, 2.24) is 10.5 Å². The Morgan fingerprint density at radius 3 is 2.71 bits per heavy atom. The van der Waals surface area contributed by atoms with E-state index in [4.69, 9.17) is 9.83 Å². The Morgan fingerprint density at radius 1 is 1.18 bits per heavy atom. The van der Waals surface area contributed by atoms with Crippen LogP contribution in [0.2, 0.25) is 0 Å². The summed E-state index contributed by atoms with van der Waals surface area (Å²) in [4.78, 5) is 14.6. The molecule has 1 aromatic heterocycles. The molecule has 4 nitrogen and oxygen atoms in total. The number of nitrogens with zero attached hydrogens (tertiary/aromatic N) is 2. The summed E-state index contributed by atoms with van der Waals surface area (Å²) in [6, 6.07) is 3.91. The number of aliphatic imine (C=N–C) groups is 1. The third-order valence-electron chi connectivity index (χ3n) is 3.47. The van der Waals surface area contributed by atoms with Gasteiger partial charge in [0.25, 0.3) is 0 Å². The topological polar surface area (TPSA) is 46.5 Å². The number of pyridine rings is 1. The van der Waals surface area contributed by atoms with Crippen LogP contribution >= 0.6 is 0 Å². The highest BCUT2D eigenvalue weighted by molar-refractivity contribution is 5.98.